The number of halogens is 1. The molecule has 0 fully saturated rings. The number of hydrogen-bond acceptors (Lipinski definition) is 4. The van der Waals surface area contributed by atoms with Gasteiger partial charge in [0.05, 0.1) is 0 Å². The van der Waals surface area contributed by atoms with Crippen LogP contribution in [0.3, 0.4) is 0 Å². The van der Waals surface area contributed by atoms with Gasteiger partial charge in [0.15, 0.2) is 11.5 Å². The Bertz CT molecular complexity index is 818. The van der Waals surface area contributed by atoms with Crippen LogP contribution >= 0.6 is 0 Å². The fraction of sp³-hybridized carbons (Fsp3) is 0.111. The summed E-state index contributed by atoms with van der Waals surface area (Å²) in [5.41, 5.74) is 5.49. The van der Waals surface area contributed by atoms with Crippen LogP contribution in [0, 0.1) is 5.82 Å². The van der Waals surface area contributed by atoms with E-state index >= 15 is 0 Å². The number of carbonyl (C=O) groups is 2. The molecule has 0 aliphatic carbocycles. The third-order valence-electron chi connectivity index (χ3n) is 3.40. The van der Waals surface area contributed by atoms with Gasteiger partial charge in [-0.3, -0.25) is 20.4 Å². The van der Waals surface area contributed by atoms with Gasteiger partial charge in [-0.2, -0.15) is 0 Å². The first kappa shape index (κ1) is 16.5. The summed E-state index contributed by atoms with van der Waals surface area (Å²) >= 11 is 0. The van der Waals surface area contributed by atoms with Crippen molar-refractivity contribution in [3.63, 3.8) is 0 Å². The molecule has 0 atom stereocenters. The van der Waals surface area contributed by atoms with E-state index in [2.05, 4.69) is 10.9 Å². The summed E-state index contributed by atoms with van der Waals surface area (Å²) in [6, 6.07) is 10.3. The number of benzene rings is 2. The third-order valence-corrected chi connectivity index (χ3v) is 3.40. The number of hydrazine groups is 1. The van der Waals surface area contributed by atoms with Crippen molar-refractivity contribution >= 4 is 17.9 Å². The number of nitrogens with one attached hydrogen (secondary N) is 2. The number of rotatable bonds is 3. The SMILES string of the molecule is O=C(/C=C/c1ccc2c(c1)OCCO2)NNC(=O)c1ccc(F)cc1. The van der Waals surface area contributed by atoms with Crippen LogP contribution < -0.4 is 20.3 Å². The second-order valence-electron chi connectivity index (χ2n) is 5.19. The van der Waals surface area contributed by atoms with Crippen LogP contribution in [0.1, 0.15) is 15.9 Å². The summed E-state index contributed by atoms with van der Waals surface area (Å²) in [7, 11) is 0. The molecule has 128 valence electrons. The lowest BCUT2D eigenvalue weighted by Gasteiger charge is -2.18. The van der Waals surface area contributed by atoms with Gasteiger partial charge in [0, 0.05) is 11.6 Å². The molecule has 3 rings (SSSR count). The molecule has 0 aromatic heterocycles. The quantitative estimate of drug-likeness (QED) is 0.661. The highest BCUT2D eigenvalue weighted by Gasteiger charge is 2.11. The molecule has 0 unspecified atom stereocenters. The molecule has 1 heterocycles. The molecule has 0 bridgehead atoms. The predicted octanol–water partition coefficient (Wildman–Crippen LogP) is 2.07. The van der Waals surface area contributed by atoms with Crippen LogP contribution in [0.2, 0.25) is 0 Å². The Morgan fingerprint density at radius 3 is 2.44 bits per heavy atom. The van der Waals surface area contributed by atoms with Crippen LogP contribution in [0.25, 0.3) is 6.08 Å². The van der Waals surface area contributed by atoms with Gasteiger partial charge < -0.3 is 9.47 Å². The van der Waals surface area contributed by atoms with E-state index in [4.69, 9.17) is 9.47 Å². The van der Waals surface area contributed by atoms with E-state index in [0.717, 1.165) is 5.56 Å². The summed E-state index contributed by atoms with van der Waals surface area (Å²) in [6.45, 7) is 0.994. The van der Waals surface area contributed by atoms with Crippen molar-refractivity contribution in [2.45, 2.75) is 0 Å². The molecular weight excluding hydrogens is 327 g/mol. The maximum absolute atomic E-state index is 12.8. The fourth-order valence-electron chi connectivity index (χ4n) is 2.17. The zero-order valence-electron chi connectivity index (χ0n) is 13.1. The molecule has 2 aromatic rings. The highest BCUT2D eigenvalue weighted by atomic mass is 19.1. The van der Waals surface area contributed by atoms with E-state index in [0.29, 0.717) is 24.7 Å². The summed E-state index contributed by atoms with van der Waals surface area (Å²) in [4.78, 5) is 23.6. The molecule has 1 aliphatic rings. The van der Waals surface area contributed by atoms with Crippen molar-refractivity contribution in [2.24, 2.45) is 0 Å². The van der Waals surface area contributed by atoms with E-state index in [9.17, 15) is 14.0 Å². The van der Waals surface area contributed by atoms with E-state index in [1.54, 1.807) is 24.3 Å². The number of amides is 2. The zero-order valence-corrected chi connectivity index (χ0v) is 13.1. The van der Waals surface area contributed by atoms with E-state index < -0.39 is 17.6 Å². The summed E-state index contributed by atoms with van der Waals surface area (Å²) in [5, 5.41) is 0. The van der Waals surface area contributed by atoms with Gasteiger partial charge in [-0.05, 0) is 48.0 Å². The second kappa shape index (κ2) is 7.48. The van der Waals surface area contributed by atoms with Crippen LogP contribution in [-0.4, -0.2) is 25.0 Å². The molecule has 7 heteroatoms. The molecule has 0 saturated heterocycles. The number of fused-ring (bicyclic) bond motifs is 1. The Labute approximate surface area is 143 Å². The van der Waals surface area contributed by atoms with Crippen LogP contribution in [0.4, 0.5) is 4.39 Å². The standard InChI is InChI=1S/C18H15FN2O4/c19-14-5-3-13(4-6-14)18(23)21-20-17(22)8-2-12-1-7-15-16(11-12)25-10-9-24-15/h1-8,11H,9-10H2,(H,20,22)(H,21,23)/b8-2+. The van der Waals surface area contributed by atoms with Crippen LogP contribution in [0.5, 0.6) is 11.5 Å². The zero-order chi connectivity index (χ0) is 17.6. The molecule has 6 nitrogen and oxygen atoms in total. The van der Waals surface area contributed by atoms with Crippen LogP contribution in [-0.2, 0) is 4.79 Å². The normalized spacial score (nSPS) is 12.7. The fourth-order valence-corrected chi connectivity index (χ4v) is 2.17. The molecule has 0 spiro atoms. The molecule has 25 heavy (non-hydrogen) atoms. The van der Waals surface area contributed by atoms with Crippen molar-refractivity contribution in [2.75, 3.05) is 13.2 Å². The van der Waals surface area contributed by atoms with Crippen molar-refractivity contribution in [3.05, 3.63) is 65.5 Å². The van der Waals surface area contributed by atoms with Crippen molar-refractivity contribution in [1.82, 2.24) is 10.9 Å². The van der Waals surface area contributed by atoms with Gasteiger partial charge >= 0.3 is 0 Å². The first-order valence-electron chi connectivity index (χ1n) is 7.55. The minimum atomic E-state index is -0.541. The van der Waals surface area contributed by atoms with Gasteiger partial charge in [0.1, 0.15) is 19.0 Å². The lowest BCUT2D eigenvalue weighted by atomic mass is 10.2. The van der Waals surface area contributed by atoms with Gasteiger partial charge in [0.2, 0.25) is 0 Å². The number of ether oxygens (including phenoxy) is 2. The van der Waals surface area contributed by atoms with Gasteiger partial charge in [-0.15, -0.1) is 0 Å². The van der Waals surface area contributed by atoms with Crippen molar-refractivity contribution < 1.29 is 23.5 Å². The van der Waals surface area contributed by atoms with Crippen molar-refractivity contribution in [1.29, 1.82) is 0 Å². The molecular formula is C18H15FN2O4. The van der Waals surface area contributed by atoms with E-state index in [1.165, 1.54) is 30.3 Å². The molecule has 2 N–H and O–H groups in total. The largest absolute Gasteiger partial charge is 0.486 e. The predicted molar refractivity (Wildman–Crippen MR) is 88.5 cm³/mol. The van der Waals surface area contributed by atoms with E-state index in [1.807, 2.05) is 0 Å². The average molecular weight is 342 g/mol. The minimum absolute atomic E-state index is 0.234. The van der Waals surface area contributed by atoms with Gasteiger partial charge in [0.25, 0.3) is 11.8 Å². The third kappa shape index (κ3) is 4.35. The lowest BCUT2D eigenvalue weighted by molar-refractivity contribution is -0.117. The summed E-state index contributed by atoms with van der Waals surface area (Å²) in [5.74, 6) is -0.202. The lowest BCUT2D eigenvalue weighted by Crippen LogP contribution is -2.40. The monoisotopic (exact) mass is 342 g/mol. The molecule has 0 saturated carbocycles. The Morgan fingerprint density at radius 1 is 0.960 bits per heavy atom. The molecule has 1 aliphatic heterocycles. The van der Waals surface area contributed by atoms with Crippen LogP contribution in [0.15, 0.2) is 48.5 Å². The Morgan fingerprint density at radius 2 is 1.68 bits per heavy atom. The smallest absolute Gasteiger partial charge is 0.269 e. The average Bonchev–Trinajstić information content (AvgIpc) is 2.65. The molecule has 2 aromatic carbocycles. The Hall–Kier alpha value is -3.35. The van der Waals surface area contributed by atoms with Gasteiger partial charge in [-0.1, -0.05) is 6.07 Å². The van der Waals surface area contributed by atoms with Crippen molar-refractivity contribution in [3.8, 4) is 11.5 Å². The minimum Gasteiger partial charge on any atom is -0.486 e. The highest BCUT2D eigenvalue weighted by molar-refractivity contribution is 5.97. The first-order chi connectivity index (χ1) is 12.1. The summed E-state index contributed by atoms with van der Waals surface area (Å²) in [6.07, 6.45) is 2.86. The molecule has 0 radical (unpaired) electrons. The molecule has 2 amide bonds. The van der Waals surface area contributed by atoms with E-state index in [-0.39, 0.29) is 5.56 Å². The topological polar surface area (TPSA) is 76.7 Å². The second-order valence-corrected chi connectivity index (χ2v) is 5.19. The first-order valence-corrected chi connectivity index (χ1v) is 7.55. The number of carbonyl (C=O) groups excluding carboxylic acids is 2. The Balaban J connectivity index is 1.54. The summed E-state index contributed by atoms with van der Waals surface area (Å²) < 4.78 is 23.7. The highest BCUT2D eigenvalue weighted by Crippen LogP contribution is 2.30. The maximum Gasteiger partial charge on any atom is 0.269 e. The van der Waals surface area contributed by atoms with Gasteiger partial charge in [-0.25, -0.2) is 4.39 Å². The Kier molecular flexibility index (Phi) is 4.94. The number of hydrogen-bond donors (Lipinski definition) is 2. The maximum atomic E-state index is 12.8.